The average Bonchev–Trinajstić information content (AvgIpc) is 2.73. The number of aryl methyl sites for hydroxylation is 1. The molecule has 6 nitrogen and oxygen atoms in total. The van der Waals surface area contributed by atoms with E-state index in [4.69, 9.17) is 16.3 Å². The van der Waals surface area contributed by atoms with Crippen molar-refractivity contribution in [3.63, 3.8) is 0 Å². The maximum absolute atomic E-state index is 13.6. The normalized spacial score (nSPS) is 14.5. The van der Waals surface area contributed by atoms with E-state index in [1.807, 2.05) is 6.92 Å². The van der Waals surface area contributed by atoms with Gasteiger partial charge in [-0.2, -0.15) is 0 Å². The van der Waals surface area contributed by atoms with Crippen LogP contribution < -0.4 is 9.04 Å². The van der Waals surface area contributed by atoms with Crippen LogP contribution in [0.2, 0.25) is 5.02 Å². The van der Waals surface area contributed by atoms with Gasteiger partial charge in [-0.1, -0.05) is 17.7 Å². The summed E-state index contributed by atoms with van der Waals surface area (Å²) in [4.78, 5) is 14.7. The number of nitrogens with zero attached hydrogens (tertiary/aromatic N) is 2. The minimum Gasteiger partial charge on any atom is -0.495 e. The number of hydrogen-bond acceptors (Lipinski definition) is 4. The number of sulfonamides is 1. The Morgan fingerprint density at radius 2 is 1.76 bits per heavy atom. The lowest BCUT2D eigenvalue weighted by molar-refractivity contribution is -0.130. The van der Waals surface area contributed by atoms with Crippen molar-refractivity contribution in [2.24, 2.45) is 0 Å². The fourth-order valence-electron chi connectivity index (χ4n) is 3.39. The second-order valence-electron chi connectivity index (χ2n) is 7.08. The number of benzene rings is 2. The third-order valence-corrected chi connectivity index (χ3v) is 7.04. The Hall–Kier alpha value is -2.25. The maximum Gasteiger partial charge on any atom is 0.268 e. The number of piperidine rings is 1. The van der Waals surface area contributed by atoms with Gasteiger partial charge in [0.05, 0.1) is 12.8 Å². The van der Waals surface area contributed by atoms with Crippen LogP contribution in [0.15, 0.2) is 47.4 Å². The largest absolute Gasteiger partial charge is 0.495 e. The van der Waals surface area contributed by atoms with E-state index in [9.17, 15) is 13.2 Å². The molecule has 0 atom stereocenters. The van der Waals surface area contributed by atoms with Gasteiger partial charge in [-0.25, -0.2) is 8.42 Å². The lowest BCUT2D eigenvalue weighted by Crippen LogP contribution is -2.44. The zero-order chi connectivity index (χ0) is 21.0. The van der Waals surface area contributed by atoms with Crippen LogP contribution >= 0.6 is 11.6 Å². The molecule has 0 aliphatic carbocycles. The summed E-state index contributed by atoms with van der Waals surface area (Å²) in [5.74, 6) is 0.0230. The number of rotatable bonds is 6. The van der Waals surface area contributed by atoms with E-state index in [0.29, 0.717) is 23.8 Å². The molecular weight excluding hydrogens is 412 g/mol. The number of anilines is 1. The van der Waals surface area contributed by atoms with Crippen LogP contribution in [0.4, 0.5) is 5.69 Å². The predicted molar refractivity (Wildman–Crippen MR) is 114 cm³/mol. The summed E-state index contributed by atoms with van der Waals surface area (Å²) in [5.41, 5.74) is 1.16. The molecule has 1 fully saturated rings. The summed E-state index contributed by atoms with van der Waals surface area (Å²) < 4.78 is 33.6. The van der Waals surface area contributed by atoms with Gasteiger partial charge in [0.2, 0.25) is 5.91 Å². The molecule has 2 aromatic carbocycles. The molecule has 3 rings (SSSR count). The average molecular weight is 437 g/mol. The first-order chi connectivity index (χ1) is 13.8. The molecule has 1 aliphatic heterocycles. The van der Waals surface area contributed by atoms with E-state index in [1.165, 1.54) is 7.11 Å². The number of ether oxygens (including phenoxy) is 1. The van der Waals surface area contributed by atoms with Crippen LogP contribution in [0.5, 0.6) is 5.75 Å². The third kappa shape index (κ3) is 4.85. The summed E-state index contributed by atoms with van der Waals surface area (Å²) >= 11 is 5.98. The SMILES string of the molecule is COc1ccc(C)cc1S(=O)(=O)N(CC(=O)N1CCCCC1)c1ccc(Cl)cc1. The molecule has 0 spiro atoms. The van der Waals surface area contributed by atoms with Crippen LogP contribution in [-0.4, -0.2) is 46.0 Å². The monoisotopic (exact) mass is 436 g/mol. The predicted octanol–water partition coefficient (Wildman–Crippen LogP) is 3.86. The fraction of sp³-hybridized carbons (Fsp3) is 0.381. The molecule has 29 heavy (non-hydrogen) atoms. The fourth-order valence-corrected chi connectivity index (χ4v) is 5.18. The third-order valence-electron chi connectivity index (χ3n) is 4.99. The van der Waals surface area contributed by atoms with Crippen molar-refractivity contribution in [1.29, 1.82) is 0 Å². The molecule has 156 valence electrons. The number of amides is 1. The Bertz CT molecular complexity index is 971. The van der Waals surface area contributed by atoms with Gasteiger partial charge < -0.3 is 9.64 Å². The Labute approximate surface area is 177 Å². The standard InChI is InChI=1S/C21H25ClN2O4S/c1-16-6-11-19(28-2)20(14-16)29(26,27)24(18-9-7-17(22)8-10-18)15-21(25)23-12-4-3-5-13-23/h6-11,14H,3-5,12-13,15H2,1-2H3. The summed E-state index contributed by atoms with van der Waals surface area (Å²) in [5, 5.41) is 0.488. The van der Waals surface area contributed by atoms with Crippen molar-refractivity contribution in [2.75, 3.05) is 31.0 Å². The minimum absolute atomic E-state index is 0.0291. The topological polar surface area (TPSA) is 66.9 Å². The summed E-state index contributed by atoms with van der Waals surface area (Å²) in [6.45, 7) is 2.84. The van der Waals surface area contributed by atoms with Crippen LogP contribution in [-0.2, 0) is 14.8 Å². The van der Waals surface area contributed by atoms with Crippen LogP contribution in [0.25, 0.3) is 0 Å². The van der Waals surface area contributed by atoms with E-state index in [1.54, 1.807) is 47.4 Å². The van der Waals surface area contributed by atoms with E-state index >= 15 is 0 Å². The number of carbonyl (C=O) groups excluding carboxylic acids is 1. The smallest absolute Gasteiger partial charge is 0.268 e. The highest BCUT2D eigenvalue weighted by atomic mass is 35.5. The summed E-state index contributed by atoms with van der Waals surface area (Å²) in [6.07, 6.45) is 2.96. The molecule has 2 aromatic rings. The van der Waals surface area contributed by atoms with Gasteiger partial charge in [-0.3, -0.25) is 9.10 Å². The van der Waals surface area contributed by atoms with Crippen molar-refractivity contribution in [2.45, 2.75) is 31.1 Å². The second kappa shape index (κ2) is 9.05. The highest BCUT2D eigenvalue weighted by molar-refractivity contribution is 7.93. The number of methoxy groups -OCH3 is 1. The molecule has 1 saturated heterocycles. The van der Waals surface area contributed by atoms with E-state index in [0.717, 1.165) is 29.1 Å². The van der Waals surface area contributed by atoms with Crippen LogP contribution in [0.1, 0.15) is 24.8 Å². The van der Waals surface area contributed by atoms with E-state index < -0.39 is 10.0 Å². The van der Waals surface area contributed by atoms with E-state index in [2.05, 4.69) is 0 Å². The van der Waals surface area contributed by atoms with Crippen molar-refractivity contribution in [3.05, 3.63) is 53.1 Å². The first kappa shape index (κ1) is 21.5. The molecule has 0 N–H and O–H groups in total. The van der Waals surface area contributed by atoms with Gasteiger partial charge in [0.15, 0.2) is 0 Å². The Morgan fingerprint density at radius 3 is 2.38 bits per heavy atom. The number of carbonyl (C=O) groups is 1. The molecule has 1 amide bonds. The van der Waals surface area contributed by atoms with Gasteiger partial charge in [0, 0.05) is 18.1 Å². The number of likely N-dealkylation sites (tertiary alicyclic amines) is 1. The lowest BCUT2D eigenvalue weighted by atomic mass is 10.1. The molecular formula is C21H25ClN2O4S. The van der Waals surface area contributed by atoms with Gasteiger partial charge >= 0.3 is 0 Å². The molecule has 0 radical (unpaired) electrons. The Kier molecular flexibility index (Phi) is 6.70. The van der Waals surface area contributed by atoms with Crippen LogP contribution in [0.3, 0.4) is 0 Å². The first-order valence-electron chi connectivity index (χ1n) is 9.53. The van der Waals surface area contributed by atoms with Crippen LogP contribution in [0, 0.1) is 6.92 Å². The van der Waals surface area contributed by atoms with Crippen molar-refractivity contribution in [1.82, 2.24) is 4.90 Å². The van der Waals surface area contributed by atoms with E-state index in [-0.39, 0.29) is 23.1 Å². The minimum atomic E-state index is -4.05. The van der Waals surface area contributed by atoms with Gasteiger partial charge in [-0.15, -0.1) is 0 Å². The number of hydrogen-bond donors (Lipinski definition) is 0. The van der Waals surface area contributed by atoms with Crippen molar-refractivity contribution >= 4 is 33.2 Å². The van der Waals surface area contributed by atoms with Gasteiger partial charge in [0.25, 0.3) is 10.0 Å². The Morgan fingerprint density at radius 1 is 1.10 bits per heavy atom. The molecule has 1 heterocycles. The Balaban J connectivity index is 2.03. The van der Waals surface area contributed by atoms with Gasteiger partial charge in [0.1, 0.15) is 17.2 Å². The summed E-state index contributed by atoms with van der Waals surface area (Å²) in [6, 6.07) is 11.4. The molecule has 0 saturated carbocycles. The zero-order valence-electron chi connectivity index (χ0n) is 16.6. The molecule has 0 bridgehead atoms. The van der Waals surface area contributed by atoms with Crippen molar-refractivity contribution in [3.8, 4) is 5.75 Å². The molecule has 0 unspecified atom stereocenters. The first-order valence-corrected chi connectivity index (χ1v) is 11.4. The maximum atomic E-state index is 13.6. The number of halogens is 1. The highest BCUT2D eigenvalue weighted by Gasteiger charge is 2.31. The lowest BCUT2D eigenvalue weighted by Gasteiger charge is -2.31. The molecule has 8 heteroatoms. The molecule has 1 aliphatic rings. The molecule has 0 aromatic heterocycles. The highest BCUT2D eigenvalue weighted by Crippen LogP contribution is 2.31. The van der Waals surface area contributed by atoms with Crippen molar-refractivity contribution < 1.29 is 17.9 Å². The quantitative estimate of drug-likeness (QED) is 0.689. The second-order valence-corrected chi connectivity index (χ2v) is 9.35. The zero-order valence-corrected chi connectivity index (χ0v) is 18.2. The van der Waals surface area contributed by atoms with Gasteiger partial charge in [-0.05, 0) is 68.1 Å². The summed E-state index contributed by atoms with van der Waals surface area (Å²) in [7, 11) is -2.62.